The molecule has 16 heavy (non-hydrogen) atoms. The van der Waals surface area contributed by atoms with Crippen LogP contribution in [0.3, 0.4) is 0 Å². The standard InChI is InChI=1S/C12H17NO2S/c1-9-7-11(5-6-12(9)13)16(14,15)8-10-3-2-4-10/h5-7,10H,2-4,8,13H2,1H3. The molecule has 1 aromatic carbocycles. The molecule has 1 aliphatic carbocycles. The van der Waals surface area contributed by atoms with Crippen molar-refractivity contribution in [3.63, 3.8) is 0 Å². The van der Waals surface area contributed by atoms with Crippen LogP contribution in [0.1, 0.15) is 24.8 Å². The maximum absolute atomic E-state index is 12.1. The molecule has 1 saturated carbocycles. The molecule has 3 nitrogen and oxygen atoms in total. The molecule has 0 spiro atoms. The van der Waals surface area contributed by atoms with Gasteiger partial charge < -0.3 is 5.73 Å². The summed E-state index contributed by atoms with van der Waals surface area (Å²) < 4.78 is 24.1. The van der Waals surface area contributed by atoms with E-state index in [1.807, 2.05) is 6.92 Å². The Balaban J connectivity index is 2.24. The molecule has 0 aromatic heterocycles. The summed E-state index contributed by atoms with van der Waals surface area (Å²) in [5.74, 6) is 0.652. The van der Waals surface area contributed by atoms with Gasteiger partial charge in [0.2, 0.25) is 0 Å². The summed E-state index contributed by atoms with van der Waals surface area (Å²) >= 11 is 0. The Morgan fingerprint density at radius 2 is 2.06 bits per heavy atom. The highest BCUT2D eigenvalue weighted by molar-refractivity contribution is 7.91. The van der Waals surface area contributed by atoms with Crippen molar-refractivity contribution in [2.45, 2.75) is 31.1 Å². The molecule has 0 atom stereocenters. The normalized spacial score (nSPS) is 17.1. The third-order valence-corrected chi connectivity index (χ3v) is 5.16. The molecule has 0 heterocycles. The fourth-order valence-electron chi connectivity index (χ4n) is 1.91. The first-order valence-electron chi connectivity index (χ1n) is 5.58. The predicted octanol–water partition coefficient (Wildman–Crippen LogP) is 2.15. The van der Waals surface area contributed by atoms with E-state index in [2.05, 4.69) is 0 Å². The van der Waals surface area contributed by atoms with Crippen molar-refractivity contribution in [1.29, 1.82) is 0 Å². The third-order valence-electron chi connectivity index (χ3n) is 3.28. The van der Waals surface area contributed by atoms with Gasteiger partial charge in [0, 0.05) is 5.69 Å². The van der Waals surface area contributed by atoms with E-state index in [0.717, 1.165) is 18.4 Å². The number of aryl methyl sites for hydroxylation is 1. The first kappa shape index (κ1) is 11.5. The maximum Gasteiger partial charge on any atom is 0.178 e. The van der Waals surface area contributed by atoms with Crippen LogP contribution in [-0.4, -0.2) is 14.2 Å². The summed E-state index contributed by atoms with van der Waals surface area (Å²) in [6, 6.07) is 4.95. The molecule has 1 aliphatic rings. The molecule has 0 bridgehead atoms. The molecule has 4 heteroatoms. The van der Waals surface area contributed by atoms with Crippen LogP contribution in [0.2, 0.25) is 0 Å². The van der Waals surface area contributed by atoms with Crippen molar-refractivity contribution in [3.05, 3.63) is 23.8 Å². The van der Waals surface area contributed by atoms with Crippen molar-refractivity contribution in [1.82, 2.24) is 0 Å². The van der Waals surface area contributed by atoms with Crippen molar-refractivity contribution in [2.75, 3.05) is 11.5 Å². The van der Waals surface area contributed by atoms with Gasteiger partial charge in [-0.25, -0.2) is 8.42 Å². The molecule has 0 unspecified atom stereocenters. The van der Waals surface area contributed by atoms with Gasteiger partial charge in [0.1, 0.15) is 0 Å². The molecule has 0 amide bonds. The quantitative estimate of drug-likeness (QED) is 0.822. The van der Waals surface area contributed by atoms with Gasteiger partial charge in [0.15, 0.2) is 9.84 Å². The SMILES string of the molecule is Cc1cc(S(=O)(=O)CC2CCC2)ccc1N. The smallest absolute Gasteiger partial charge is 0.178 e. The highest BCUT2D eigenvalue weighted by Crippen LogP contribution is 2.30. The average Bonchev–Trinajstić information content (AvgIpc) is 2.16. The number of hydrogen-bond donors (Lipinski definition) is 1. The molecule has 2 rings (SSSR count). The third kappa shape index (κ3) is 2.21. The Hall–Kier alpha value is -1.03. The minimum Gasteiger partial charge on any atom is -0.399 e. The Kier molecular flexibility index (Phi) is 2.93. The van der Waals surface area contributed by atoms with Gasteiger partial charge in [0.25, 0.3) is 0 Å². The van der Waals surface area contributed by atoms with Gasteiger partial charge in [-0.3, -0.25) is 0 Å². The van der Waals surface area contributed by atoms with Crippen molar-refractivity contribution in [3.8, 4) is 0 Å². The first-order chi connectivity index (χ1) is 7.49. The van der Waals surface area contributed by atoms with Crippen LogP contribution in [0.4, 0.5) is 5.69 Å². The fraction of sp³-hybridized carbons (Fsp3) is 0.500. The van der Waals surface area contributed by atoms with E-state index >= 15 is 0 Å². The zero-order chi connectivity index (χ0) is 11.8. The molecule has 0 radical (unpaired) electrons. The van der Waals surface area contributed by atoms with E-state index in [1.54, 1.807) is 18.2 Å². The molecule has 1 fully saturated rings. The average molecular weight is 239 g/mol. The lowest BCUT2D eigenvalue weighted by molar-refractivity contribution is 0.347. The topological polar surface area (TPSA) is 60.2 Å². The Bertz CT molecular complexity index is 490. The Morgan fingerprint density at radius 3 is 2.56 bits per heavy atom. The first-order valence-corrected chi connectivity index (χ1v) is 7.23. The minimum atomic E-state index is -3.12. The Morgan fingerprint density at radius 1 is 1.38 bits per heavy atom. The summed E-state index contributed by atoms with van der Waals surface area (Å²) in [4.78, 5) is 0.408. The second-order valence-electron chi connectivity index (χ2n) is 4.60. The van der Waals surface area contributed by atoms with Gasteiger partial charge in [-0.15, -0.1) is 0 Å². The molecular formula is C12H17NO2S. The lowest BCUT2D eigenvalue weighted by Crippen LogP contribution is -2.22. The molecule has 88 valence electrons. The monoisotopic (exact) mass is 239 g/mol. The number of benzene rings is 1. The maximum atomic E-state index is 12.1. The lowest BCUT2D eigenvalue weighted by Gasteiger charge is -2.24. The molecule has 1 aromatic rings. The summed E-state index contributed by atoms with van der Waals surface area (Å²) in [6.07, 6.45) is 3.27. The zero-order valence-electron chi connectivity index (χ0n) is 9.44. The van der Waals surface area contributed by atoms with Crippen LogP contribution in [-0.2, 0) is 9.84 Å². The minimum absolute atomic E-state index is 0.288. The largest absolute Gasteiger partial charge is 0.399 e. The van der Waals surface area contributed by atoms with Gasteiger partial charge in [-0.2, -0.15) is 0 Å². The van der Waals surface area contributed by atoms with E-state index in [4.69, 9.17) is 5.73 Å². The molecule has 0 saturated heterocycles. The van der Waals surface area contributed by atoms with E-state index in [-0.39, 0.29) is 5.75 Å². The molecule has 2 N–H and O–H groups in total. The van der Waals surface area contributed by atoms with Gasteiger partial charge in [-0.1, -0.05) is 6.42 Å². The van der Waals surface area contributed by atoms with Crippen LogP contribution in [0.5, 0.6) is 0 Å². The lowest BCUT2D eigenvalue weighted by atomic mass is 9.87. The Labute approximate surface area is 96.6 Å². The van der Waals surface area contributed by atoms with Crippen LogP contribution < -0.4 is 5.73 Å². The van der Waals surface area contributed by atoms with Crippen molar-refractivity contribution < 1.29 is 8.42 Å². The van der Waals surface area contributed by atoms with Crippen LogP contribution in [0.15, 0.2) is 23.1 Å². The number of rotatable bonds is 3. The number of sulfone groups is 1. The second-order valence-corrected chi connectivity index (χ2v) is 6.63. The molecule has 0 aliphatic heterocycles. The summed E-state index contributed by atoms with van der Waals surface area (Å²) in [5.41, 5.74) is 7.15. The summed E-state index contributed by atoms with van der Waals surface area (Å²) in [6.45, 7) is 1.83. The second kappa shape index (κ2) is 4.09. The van der Waals surface area contributed by atoms with E-state index in [9.17, 15) is 8.42 Å². The summed E-state index contributed by atoms with van der Waals surface area (Å²) in [5, 5.41) is 0. The van der Waals surface area contributed by atoms with Crippen LogP contribution in [0, 0.1) is 12.8 Å². The van der Waals surface area contributed by atoms with E-state index in [1.165, 1.54) is 6.42 Å². The van der Waals surface area contributed by atoms with Crippen molar-refractivity contribution in [2.24, 2.45) is 5.92 Å². The summed E-state index contributed by atoms with van der Waals surface area (Å²) in [7, 11) is -3.12. The zero-order valence-corrected chi connectivity index (χ0v) is 10.3. The van der Waals surface area contributed by atoms with E-state index in [0.29, 0.717) is 16.5 Å². The van der Waals surface area contributed by atoms with Gasteiger partial charge in [-0.05, 0) is 49.4 Å². The molecular weight excluding hydrogens is 222 g/mol. The number of anilines is 1. The number of hydrogen-bond acceptors (Lipinski definition) is 3. The fourth-order valence-corrected chi connectivity index (χ4v) is 3.69. The predicted molar refractivity (Wildman–Crippen MR) is 65.0 cm³/mol. The van der Waals surface area contributed by atoms with Gasteiger partial charge in [0.05, 0.1) is 10.6 Å². The highest BCUT2D eigenvalue weighted by Gasteiger charge is 2.25. The van der Waals surface area contributed by atoms with Crippen molar-refractivity contribution >= 4 is 15.5 Å². The number of nitrogen functional groups attached to an aromatic ring is 1. The van der Waals surface area contributed by atoms with Gasteiger partial charge >= 0.3 is 0 Å². The van der Waals surface area contributed by atoms with Crippen LogP contribution in [0.25, 0.3) is 0 Å². The number of nitrogens with two attached hydrogens (primary N) is 1. The highest BCUT2D eigenvalue weighted by atomic mass is 32.2. The van der Waals surface area contributed by atoms with E-state index < -0.39 is 9.84 Å². The van der Waals surface area contributed by atoms with Crippen LogP contribution >= 0.6 is 0 Å².